The highest BCUT2D eigenvalue weighted by Gasteiger charge is 2.29. The molecule has 2 aliphatic rings. The topological polar surface area (TPSA) is 68.5 Å². The second-order valence-electron chi connectivity index (χ2n) is 7.80. The molecule has 1 amide bonds. The molecule has 1 saturated heterocycles. The molecule has 1 aromatic heterocycles. The Balaban J connectivity index is 1.30. The normalized spacial score (nSPS) is 20.3. The lowest BCUT2D eigenvalue weighted by Crippen LogP contribution is -2.30. The summed E-state index contributed by atoms with van der Waals surface area (Å²) in [6, 6.07) is 7.58. The third-order valence-electron chi connectivity index (χ3n) is 5.85. The van der Waals surface area contributed by atoms with E-state index in [1.54, 1.807) is 7.11 Å². The van der Waals surface area contributed by atoms with Gasteiger partial charge in [0.25, 0.3) is 5.89 Å². The lowest BCUT2D eigenvalue weighted by Gasteiger charge is -2.18. The SMILES string of the molecule is COc1ccc(-c2nc(CC3CCN(C(=O)CC4CCCC4)C3)no2)cc1. The minimum atomic E-state index is 0.330. The van der Waals surface area contributed by atoms with Crippen molar-refractivity contribution in [2.24, 2.45) is 11.8 Å². The van der Waals surface area contributed by atoms with E-state index in [0.29, 0.717) is 23.6 Å². The Hall–Kier alpha value is -2.37. The predicted molar refractivity (Wildman–Crippen MR) is 101 cm³/mol. The van der Waals surface area contributed by atoms with E-state index in [0.717, 1.165) is 49.5 Å². The van der Waals surface area contributed by atoms with Gasteiger partial charge in [0.2, 0.25) is 5.91 Å². The van der Waals surface area contributed by atoms with Gasteiger partial charge < -0.3 is 14.2 Å². The Morgan fingerprint density at radius 2 is 1.96 bits per heavy atom. The molecule has 0 N–H and O–H groups in total. The molecule has 144 valence electrons. The van der Waals surface area contributed by atoms with Crippen LogP contribution in [-0.2, 0) is 11.2 Å². The first kappa shape index (κ1) is 18.0. The number of benzene rings is 1. The van der Waals surface area contributed by atoms with E-state index in [-0.39, 0.29) is 0 Å². The number of ether oxygens (including phenoxy) is 1. The quantitative estimate of drug-likeness (QED) is 0.776. The van der Waals surface area contributed by atoms with E-state index in [2.05, 4.69) is 10.1 Å². The molecule has 6 nitrogen and oxygen atoms in total. The lowest BCUT2D eigenvalue weighted by molar-refractivity contribution is -0.131. The number of carbonyl (C=O) groups excluding carboxylic acids is 1. The third-order valence-corrected chi connectivity index (χ3v) is 5.85. The van der Waals surface area contributed by atoms with Gasteiger partial charge >= 0.3 is 0 Å². The fraction of sp³-hybridized carbons (Fsp3) is 0.571. The highest BCUT2D eigenvalue weighted by molar-refractivity contribution is 5.76. The number of amides is 1. The maximum atomic E-state index is 12.5. The van der Waals surface area contributed by atoms with Gasteiger partial charge in [0, 0.05) is 31.5 Å². The van der Waals surface area contributed by atoms with Crippen LogP contribution >= 0.6 is 0 Å². The molecular formula is C21H27N3O3. The van der Waals surface area contributed by atoms with E-state index in [1.807, 2.05) is 29.2 Å². The largest absolute Gasteiger partial charge is 0.497 e. The molecule has 1 saturated carbocycles. The molecule has 4 rings (SSSR count). The average molecular weight is 369 g/mol. The van der Waals surface area contributed by atoms with Gasteiger partial charge in [0.15, 0.2) is 5.82 Å². The number of aromatic nitrogens is 2. The molecule has 1 aliphatic carbocycles. The van der Waals surface area contributed by atoms with Crippen molar-refractivity contribution in [2.45, 2.75) is 44.9 Å². The van der Waals surface area contributed by atoms with E-state index < -0.39 is 0 Å². The number of likely N-dealkylation sites (tertiary alicyclic amines) is 1. The second kappa shape index (κ2) is 8.11. The number of hydrogen-bond donors (Lipinski definition) is 0. The van der Waals surface area contributed by atoms with Crippen LogP contribution < -0.4 is 4.74 Å². The third kappa shape index (κ3) is 4.31. The van der Waals surface area contributed by atoms with Crippen LogP contribution in [0.2, 0.25) is 0 Å². The highest BCUT2D eigenvalue weighted by atomic mass is 16.5. The molecule has 1 atom stereocenters. The maximum absolute atomic E-state index is 12.5. The minimum absolute atomic E-state index is 0.330. The zero-order valence-corrected chi connectivity index (χ0v) is 15.9. The molecule has 2 heterocycles. The molecular weight excluding hydrogens is 342 g/mol. The fourth-order valence-corrected chi connectivity index (χ4v) is 4.26. The van der Waals surface area contributed by atoms with Gasteiger partial charge in [-0.2, -0.15) is 4.98 Å². The Bertz CT molecular complexity index is 765. The molecule has 1 aromatic carbocycles. The van der Waals surface area contributed by atoms with Crippen LogP contribution in [0.4, 0.5) is 0 Å². The highest BCUT2D eigenvalue weighted by Crippen LogP contribution is 2.29. The van der Waals surface area contributed by atoms with Crippen LogP contribution in [0.1, 0.15) is 44.3 Å². The summed E-state index contributed by atoms with van der Waals surface area (Å²) in [6.45, 7) is 1.68. The van der Waals surface area contributed by atoms with Crippen molar-refractivity contribution in [3.05, 3.63) is 30.1 Å². The molecule has 27 heavy (non-hydrogen) atoms. The van der Waals surface area contributed by atoms with Gasteiger partial charge in [0.1, 0.15) is 5.75 Å². The van der Waals surface area contributed by atoms with Crippen molar-refractivity contribution in [2.75, 3.05) is 20.2 Å². The minimum Gasteiger partial charge on any atom is -0.497 e. The zero-order valence-electron chi connectivity index (χ0n) is 15.9. The first-order valence-corrected chi connectivity index (χ1v) is 9.96. The zero-order chi connectivity index (χ0) is 18.6. The van der Waals surface area contributed by atoms with Gasteiger partial charge in [-0.05, 0) is 55.4 Å². The summed E-state index contributed by atoms with van der Waals surface area (Å²) < 4.78 is 10.6. The molecule has 0 spiro atoms. The Morgan fingerprint density at radius 1 is 1.19 bits per heavy atom. The molecule has 1 aliphatic heterocycles. The number of carbonyl (C=O) groups is 1. The van der Waals surface area contributed by atoms with Crippen LogP contribution in [0.25, 0.3) is 11.5 Å². The first-order chi connectivity index (χ1) is 13.2. The van der Waals surface area contributed by atoms with Gasteiger partial charge in [0.05, 0.1) is 7.11 Å². The van der Waals surface area contributed by atoms with Crippen molar-refractivity contribution < 1.29 is 14.1 Å². The summed E-state index contributed by atoms with van der Waals surface area (Å²) in [5.41, 5.74) is 0.884. The summed E-state index contributed by atoms with van der Waals surface area (Å²) in [5, 5.41) is 4.13. The predicted octanol–water partition coefficient (Wildman–Crippen LogP) is 3.72. The fourth-order valence-electron chi connectivity index (χ4n) is 4.26. The Morgan fingerprint density at radius 3 is 2.70 bits per heavy atom. The average Bonchev–Trinajstić information content (AvgIpc) is 3.44. The molecule has 2 fully saturated rings. The van der Waals surface area contributed by atoms with Crippen molar-refractivity contribution in [1.82, 2.24) is 15.0 Å². The van der Waals surface area contributed by atoms with E-state index in [1.165, 1.54) is 25.7 Å². The summed E-state index contributed by atoms with van der Waals surface area (Å²) in [4.78, 5) is 19.1. The molecule has 0 bridgehead atoms. The van der Waals surface area contributed by atoms with Crippen LogP contribution in [0.15, 0.2) is 28.8 Å². The van der Waals surface area contributed by atoms with E-state index >= 15 is 0 Å². The maximum Gasteiger partial charge on any atom is 0.257 e. The lowest BCUT2D eigenvalue weighted by atomic mass is 10.0. The van der Waals surface area contributed by atoms with Crippen molar-refractivity contribution in [1.29, 1.82) is 0 Å². The molecule has 0 radical (unpaired) electrons. The first-order valence-electron chi connectivity index (χ1n) is 9.96. The van der Waals surface area contributed by atoms with E-state index in [4.69, 9.17) is 9.26 Å². The number of methoxy groups -OCH3 is 1. The Labute approximate surface area is 159 Å². The number of hydrogen-bond acceptors (Lipinski definition) is 5. The summed E-state index contributed by atoms with van der Waals surface area (Å²) in [6.07, 6.45) is 7.52. The molecule has 1 unspecified atom stereocenters. The van der Waals surface area contributed by atoms with E-state index in [9.17, 15) is 4.79 Å². The van der Waals surface area contributed by atoms with Crippen LogP contribution in [0.3, 0.4) is 0 Å². The van der Waals surface area contributed by atoms with Gasteiger partial charge in [-0.3, -0.25) is 4.79 Å². The van der Waals surface area contributed by atoms with Gasteiger partial charge in [-0.15, -0.1) is 0 Å². The summed E-state index contributed by atoms with van der Waals surface area (Å²) in [5.74, 6) is 3.40. The van der Waals surface area contributed by atoms with Crippen molar-refractivity contribution >= 4 is 5.91 Å². The monoisotopic (exact) mass is 369 g/mol. The second-order valence-corrected chi connectivity index (χ2v) is 7.80. The van der Waals surface area contributed by atoms with Gasteiger partial charge in [-0.25, -0.2) is 0 Å². The summed E-state index contributed by atoms with van der Waals surface area (Å²) >= 11 is 0. The number of rotatable bonds is 6. The van der Waals surface area contributed by atoms with Crippen molar-refractivity contribution in [3.63, 3.8) is 0 Å². The van der Waals surface area contributed by atoms with Crippen LogP contribution in [-0.4, -0.2) is 41.1 Å². The molecule has 2 aromatic rings. The smallest absolute Gasteiger partial charge is 0.257 e. The standard InChI is InChI=1S/C21H27N3O3/c1-26-18-8-6-17(7-9-18)21-22-19(23-27-21)12-16-10-11-24(14-16)20(25)13-15-4-2-3-5-15/h6-9,15-16H,2-5,10-14H2,1H3. The van der Waals surface area contributed by atoms with Crippen molar-refractivity contribution in [3.8, 4) is 17.2 Å². The Kier molecular flexibility index (Phi) is 5.41. The van der Waals surface area contributed by atoms with Gasteiger partial charge in [-0.1, -0.05) is 18.0 Å². The summed E-state index contributed by atoms with van der Waals surface area (Å²) in [7, 11) is 1.64. The molecule has 6 heteroatoms. The van der Waals surface area contributed by atoms with Crippen LogP contribution in [0, 0.1) is 11.8 Å². The number of nitrogens with zero attached hydrogens (tertiary/aromatic N) is 3. The van der Waals surface area contributed by atoms with Crippen LogP contribution in [0.5, 0.6) is 5.75 Å².